The number of nitrogens with zero attached hydrogens (tertiary/aromatic N) is 1. The minimum absolute atomic E-state index is 0.123. The van der Waals surface area contributed by atoms with Gasteiger partial charge in [0.05, 0.1) is 5.38 Å². The topological polar surface area (TPSA) is 50.1 Å². The predicted octanol–water partition coefficient (Wildman–Crippen LogP) is 1.63. The van der Waals surface area contributed by atoms with E-state index in [9.17, 15) is 4.79 Å². The van der Waals surface area contributed by atoms with Gasteiger partial charge in [0.1, 0.15) is 18.2 Å². The standard InChI is InChI=1S/C8H10ClNO2/c1-3-7(9)5-12-8(11)6(2)4-10/h7H,2-3,5H2,1H3. The van der Waals surface area contributed by atoms with E-state index in [0.717, 1.165) is 0 Å². The fourth-order valence-electron chi connectivity index (χ4n) is 0.417. The predicted molar refractivity (Wildman–Crippen MR) is 45.6 cm³/mol. The third-order valence-corrected chi connectivity index (χ3v) is 1.65. The first-order chi connectivity index (χ1) is 5.61. The smallest absolute Gasteiger partial charge is 0.348 e. The second kappa shape index (κ2) is 5.62. The van der Waals surface area contributed by atoms with E-state index in [1.807, 2.05) is 6.92 Å². The Kier molecular flexibility index (Phi) is 5.14. The summed E-state index contributed by atoms with van der Waals surface area (Å²) in [5.41, 5.74) is -0.199. The van der Waals surface area contributed by atoms with Crippen molar-refractivity contribution in [3.63, 3.8) is 0 Å². The summed E-state index contributed by atoms with van der Waals surface area (Å²) in [6.07, 6.45) is 0.716. The van der Waals surface area contributed by atoms with Gasteiger partial charge in [0.15, 0.2) is 0 Å². The highest BCUT2D eigenvalue weighted by atomic mass is 35.5. The number of esters is 1. The van der Waals surface area contributed by atoms with E-state index >= 15 is 0 Å². The summed E-state index contributed by atoms with van der Waals surface area (Å²) in [6, 6.07) is 1.59. The molecule has 0 heterocycles. The van der Waals surface area contributed by atoms with E-state index in [2.05, 4.69) is 11.3 Å². The van der Waals surface area contributed by atoms with Gasteiger partial charge in [0.2, 0.25) is 0 Å². The third-order valence-electron chi connectivity index (χ3n) is 1.22. The van der Waals surface area contributed by atoms with Crippen LogP contribution in [0.25, 0.3) is 0 Å². The molecule has 0 aliphatic carbocycles. The highest BCUT2D eigenvalue weighted by Crippen LogP contribution is 2.02. The Hall–Kier alpha value is -1.01. The Morgan fingerprint density at radius 1 is 1.83 bits per heavy atom. The van der Waals surface area contributed by atoms with Crippen molar-refractivity contribution in [3.8, 4) is 6.07 Å². The Bertz CT molecular complexity index is 220. The molecule has 0 bridgehead atoms. The molecule has 0 fully saturated rings. The molecule has 0 spiro atoms. The first kappa shape index (κ1) is 11.0. The quantitative estimate of drug-likeness (QED) is 0.291. The van der Waals surface area contributed by atoms with Crippen LogP contribution in [0.15, 0.2) is 12.2 Å². The summed E-state index contributed by atoms with van der Waals surface area (Å²) in [5.74, 6) is -0.698. The monoisotopic (exact) mass is 187 g/mol. The SMILES string of the molecule is C=C(C#N)C(=O)OCC(Cl)CC. The van der Waals surface area contributed by atoms with Gasteiger partial charge >= 0.3 is 5.97 Å². The van der Waals surface area contributed by atoms with Crippen LogP contribution in [0.2, 0.25) is 0 Å². The Morgan fingerprint density at radius 2 is 2.42 bits per heavy atom. The number of carbonyl (C=O) groups is 1. The number of ether oxygens (including phenoxy) is 1. The molecule has 0 N–H and O–H groups in total. The molecule has 0 aliphatic heterocycles. The second-order valence-electron chi connectivity index (χ2n) is 2.19. The summed E-state index contributed by atoms with van der Waals surface area (Å²) in [7, 11) is 0. The van der Waals surface area contributed by atoms with Crippen molar-refractivity contribution < 1.29 is 9.53 Å². The number of nitriles is 1. The summed E-state index contributed by atoms with van der Waals surface area (Å²) < 4.78 is 4.65. The number of hydrogen-bond acceptors (Lipinski definition) is 3. The van der Waals surface area contributed by atoms with Gasteiger partial charge in [-0.1, -0.05) is 13.5 Å². The van der Waals surface area contributed by atoms with Gasteiger partial charge in [-0.15, -0.1) is 11.6 Å². The number of rotatable bonds is 4. The van der Waals surface area contributed by atoms with Crippen molar-refractivity contribution in [1.82, 2.24) is 0 Å². The maximum atomic E-state index is 10.8. The molecule has 66 valence electrons. The molecule has 0 aromatic heterocycles. The zero-order chi connectivity index (χ0) is 9.56. The molecule has 12 heavy (non-hydrogen) atoms. The normalized spacial score (nSPS) is 11.4. The molecule has 1 unspecified atom stereocenters. The lowest BCUT2D eigenvalue weighted by molar-refractivity contribution is -0.138. The van der Waals surface area contributed by atoms with Gasteiger partial charge < -0.3 is 4.74 Å². The van der Waals surface area contributed by atoms with Gasteiger partial charge in [0.25, 0.3) is 0 Å². The number of hydrogen-bond donors (Lipinski definition) is 0. The molecule has 4 heteroatoms. The maximum absolute atomic E-state index is 10.8. The minimum atomic E-state index is -0.698. The second-order valence-corrected chi connectivity index (χ2v) is 2.81. The van der Waals surface area contributed by atoms with Crippen molar-refractivity contribution in [1.29, 1.82) is 5.26 Å². The van der Waals surface area contributed by atoms with Crippen molar-refractivity contribution in [2.24, 2.45) is 0 Å². The van der Waals surface area contributed by atoms with Crippen molar-refractivity contribution in [2.75, 3.05) is 6.61 Å². The summed E-state index contributed by atoms with van der Waals surface area (Å²) >= 11 is 5.67. The first-order valence-corrected chi connectivity index (χ1v) is 3.95. The van der Waals surface area contributed by atoms with Crippen LogP contribution in [0.1, 0.15) is 13.3 Å². The van der Waals surface area contributed by atoms with Crippen LogP contribution in [0.3, 0.4) is 0 Å². The maximum Gasteiger partial charge on any atom is 0.348 e. The van der Waals surface area contributed by atoms with Gasteiger partial charge in [-0.05, 0) is 6.42 Å². The largest absolute Gasteiger partial charge is 0.460 e. The molecule has 0 aliphatic rings. The third kappa shape index (κ3) is 3.99. The Labute approximate surface area is 76.6 Å². The van der Waals surface area contributed by atoms with E-state index in [1.165, 1.54) is 0 Å². The van der Waals surface area contributed by atoms with E-state index < -0.39 is 5.97 Å². The number of carbonyl (C=O) groups excluding carboxylic acids is 1. The van der Waals surface area contributed by atoms with Gasteiger partial charge in [-0.3, -0.25) is 0 Å². The van der Waals surface area contributed by atoms with Gasteiger partial charge in [-0.2, -0.15) is 5.26 Å². The van der Waals surface area contributed by atoms with Crippen LogP contribution < -0.4 is 0 Å². The lowest BCUT2D eigenvalue weighted by atomic mass is 10.3. The average Bonchev–Trinajstić information content (AvgIpc) is 2.11. The Morgan fingerprint density at radius 3 is 2.83 bits per heavy atom. The Balaban J connectivity index is 3.74. The highest BCUT2D eigenvalue weighted by molar-refractivity contribution is 6.20. The number of halogens is 1. The summed E-state index contributed by atoms with van der Waals surface area (Å²) in [6.45, 7) is 5.20. The van der Waals surface area contributed by atoms with E-state index in [-0.39, 0.29) is 17.6 Å². The lowest BCUT2D eigenvalue weighted by Crippen LogP contribution is -2.14. The fourth-order valence-corrected chi connectivity index (χ4v) is 0.480. The molecule has 0 rings (SSSR count). The molecule has 0 saturated carbocycles. The summed E-state index contributed by atoms with van der Waals surface area (Å²) in [4.78, 5) is 10.8. The highest BCUT2D eigenvalue weighted by Gasteiger charge is 2.09. The van der Waals surface area contributed by atoms with Gasteiger partial charge in [-0.25, -0.2) is 4.79 Å². The van der Waals surface area contributed by atoms with E-state index in [4.69, 9.17) is 16.9 Å². The van der Waals surface area contributed by atoms with Crippen LogP contribution >= 0.6 is 11.6 Å². The van der Waals surface area contributed by atoms with Crippen LogP contribution in [0.5, 0.6) is 0 Å². The molecule has 0 saturated heterocycles. The van der Waals surface area contributed by atoms with E-state index in [0.29, 0.717) is 6.42 Å². The average molecular weight is 188 g/mol. The van der Waals surface area contributed by atoms with Crippen LogP contribution in [0, 0.1) is 11.3 Å². The molecular weight excluding hydrogens is 178 g/mol. The lowest BCUT2D eigenvalue weighted by Gasteiger charge is -2.06. The molecule has 0 aromatic rings. The fraction of sp³-hybridized carbons (Fsp3) is 0.500. The van der Waals surface area contributed by atoms with Crippen molar-refractivity contribution in [2.45, 2.75) is 18.7 Å². The van der Waals surface area contributed by atoms with E-state index in [1.54, 1.807) is 6.07 Å². The molecule has 3 nitrogen and oxygen atoms in total. The molecule has 0 radical (unpaired) electrons. The first-order valence-electron chi connectivity index (χ1n) is 3.52. The van der Waals surface area contributed by atoms with Crippen LogP contribution in [-0.4, -0.2) is 18.0 Å². The van der Waals surface area contributed by atoms with Crippen LogP contribution in [0.4, 0.5) is 0 Å². The zero-order valence-electron chi connectivity index (χ0n) is 6.84. The molecule has 0 aromatic carbocycles. The van der Waals surface area contributed by atoms with Crippen LogP contribution in [-0.2, 0) is 9.53 Å². The molecule has 0 amide bonds. The van der Waals surface area contributed by atoms with Crippen molar-refractivity contribution >= 4 is 17.6 Å². The molecular formula is C8H10ClNO2. The van der Waals surface area contributed by atoms with Crippen molar-refractivity contribution in [3.05, 3.63) is 12.2 Å². The molecule has 1 atom stereocenters. The minimum Gasteiger partial charge on any atom is -0.460 e. The number of alkyl halides is 1. The summed E-state index contributed by atoms with van der Waals surface area (Å²) in [5, 5.41) is 8.05. The van der Waals surface area contributed by atoms with Gasteiger partial charge in [0, 0.05) is 0 Å². The zero-order valence-corrected chi connectivity index (χ0v) is 7.60.